The molecule has 6 heteroatoms. The van der Waals surface area contributed by atoms with Crippen LogP contribution in [0.25, 0.3) is 0 Å². The summed E-state index contributed by atoms with van der Waals surface area (Å²) in [5.41, 5.74) is 1.38. The molecule has 114 valence electrons. The normalized spacial score (nSPS) is 22.2. The third kappa shape index (κ3) is 3.24. The summed E-state index contributed by atoms with van der Waals surface area (Å²) in [6.07, 6.45) is 1.32. The van der Waals surface area contributed by atoms with Crippen LogP contribution in [-0.4, -0.2) is 34.5 Å². The number of rotatable bonds is 2. The van der Waals surface area contributed by atoms with E-state index in [2.05, 4.69) is 15.9 Å². The highest BCUT2D eigenvalue weighted by Crippen LogP contribution is 2.30. The lowest BCUT2D eigenvalue weighted by Crippen LogP contribution is -2.49. The third-order valence-corrected chi connectivity index (χ3v) is 5.60. The number of carbonyl (C=O) groups is 2. The molecule has 1 aromatic carbocycles. The number of carboxylic acids is 1. The summed E-state index contributed by atoms with van der Waals surface area (Å²) in [7, 11) is 0. The molecule has 1 N–H and O–H groups in total. The van der Waals surface area contributed by atoms with Crippen molar-refractivity contribution < 1.29 is 14.7 Å². The lowest BCUT2D eigenvalue weighted by atomic mass is 9.89. The number of carbonyl (C=O) groups excluding carboxylic acids is 1. The first-order valence-corrected chi connectivity index (χ1v) is 7.99. The lowest BCUT2D eigenvalue weighted by Gasteiger charge is -2.37. The van der Waals surface area contributed by atoms with Crippen LogP contribution in [-0.2, 0) is 4.79 Å². The summed E-state index contributed by atoms with van der Waals surface area (Å²) < 4.78 is 0.774. The van der Waals surface area contributed by atoms with Crippen LogP contribution >= 0.6 is 27.5 Å². The van der Waals surface area contributed by atoms with E-state index < -0.39 is 11.9 Å². The number of hydrogen-bond acceptors (Lipinski definition) is 2. The maximum absolute atomic E-state index is 12.7. The average molecular weight is 375 g/mol. The molecule has 1 aromatic rings. The van der Waals surface area contributed by atoms with E-state index in [0.717, 1.165) is 10.0 Å². The zero-order chi connectivity index (χ0) is 15.7. The van der Waals surface area contributed by atoms with Crippen LogP contribution in [0, 0.1) is 12.8 Å². The number of aliphatic carboxylic acids is 1. The van der Waals surface area contributed by atoms with Crippen molar-refractivity contribution in [1.82, 2.24) is 4.90 Å². The Labute approximate surface area is 137 Å². The molecule has 2 atom stereocenters. The summed E-state index contributed by atoms with van der Waals surface area (Å²) in [5, 5.41) is 9.72. The Morgan fingerprint density at radius 3 is 2.67 bits per heavy atom. The van der Waals surface area contributed by atoms with E-state index in [4.69, 9.17) is 11.6 Å². The van der Waals surface area contributed by atoms with E-state index in [0.29, 0.717) is 30.0 Å². The fraction of sp³-hybridized carbons (Fsp3) is 0.467. The second-order valence-corrected chi connectivity index (χ2v) is 6.62. The number of hydrogen-bond donors (Lipinski definition) is 1. The number of amides is 1. The lowest BCUT2D eigenvalue weighted by molar-refractivity contribution is -0.144. The zero-order valence-corrected chi connectivity index (χ0v) is 14.2. The van der Waals surface area contributed by atoms with Crippen LogP contribution in [0.15, 0.2) is 16.6 Å². The topological polar surface area (TPSA) is 57.6 Å². The van der Waals surface area contributed by atoms with E-state index >= 15 is 0 Å². The molecule has 0 saturated carbocycles. The van der Waals surface area contributed by atoms with E-state index in [1.165, 1.54) is 0 Å². The first kappa shape index (κ1) is 16.3. The predicted molar refractivity (Wildman–Crippen MR) is 84.7 cm³/mol. The van der Waals surface area contributed by atoms with Gasteiger partial charge in [-0.05, 0) is 60.3 Å². The van der Waals surface area contributed by atoms with Gasteiger partial charge < -0.3 is 10.0 Å². The Bertz CT molecular complexity index is 567. The van der Waals surface area contributed by atoms with Crippen LogP contribution in [0.5, 0.6) is 0 Å². The molecule has 2 rings (SSSR count). The van der Waals surface area contributed by atoms with Crippen molar-refractivity contribution >= 4 is 39.4 Å². The van der Waals surface area contributed by atoms with Crippen LogP contribution in [0.3, 0.4) is 0 Å². The Morgan fingerprint density at radius 1 is 1.43 bits per heavy atom. The summed E-state index contributed by atoms with van der Waals surface area (Å²) in [5.74, 6) is -1.51. The van der Waals surface area contributed by atoms with Gasteiger partial charge in [-0.3, -0.25) is 9.59 Å². The number of piperidine rings is 1. The quantitative estimate of drug-likeness (QED) is 0.858. The number of carboxylic acid groups (broad SMARTS) is 1. The minimum absolute atomic E-state index is 0.161. The van der Waals surface area contributed by atoms with Gasteiger partial charge in [0.25, 0.3) is 5.91 Å². The molecule has 0 aliphatic carbocycles. The van der Waals surface area contributed by atoms with Gasteiger partial charge in [-0.15, -0.1) is 0 Å². The van der Waals surface area contributed by atoms with Crippen LogP contribution in [0.2, 0.25) is 5.02 Å². The standard InChI is InChI=1S/C15H17BrClNO3/c1-8-6-10(7-12(17)13(8)16)14(19)18-5-3-4-11(9(18)2)15(20)21/h6-7,9,11H,3-5H2,1-2H3,(H,20,21)/t9-,11-/m1/s1. The molecule has 1 aliphatic heterocycles. The molecule has 1 amide bonds. The van der Waals surface area contributed by atoms with Crippen molar-refractivity contribution in [2.45, 2.75) is 32.7 Å². The summed E-state index contributed by atoms with van der Waals surface area (Å²) >= 11 is 9.47. The molecular formula is C15H17BrClNO3. The van der Waals surface area contributed by atoms with Crippen LogP contribution in [0.1, 0.15) is 35.7 Å². The highest BCUT2D eigenvalue weighted by Gasteiger charge is 2.35. The van der Waals surface area contributed by atoms with Crippen molar-refractivity contribution in [2.24, 2.45) is 5.92 Å². The zero-order valence-electron chi connectivity index (χ0n) is 11.9. The number of halogens is 2. The number of benzene rings is 1. The van der Waals surface area contributed by atoms with Gasteiger partial charge in [-0.25, -0.2) is 0 Å². The van der Waals surface area contributed by atoms with Gasteiger partial charge in [0.2, 0.25) is 0 Å². The Balaban J connectivity index is 2.29. The molecule has 1 heterocycles. The van der Waals surface area contributed by atoms with E-state index in [-0.39, 0.29) is 11.9 Å². The van der Waals surface area contributed by atoms with Gasteiger partial charge in [-0.2, -0.15) is 0 Å². The highest BCUT2D eigenvalue weighted by atomic mass is 79.9. The van der Waals surface area contributed by atoms with Crippen molar-refractivity contribution in [2.75, 3.05) is 6.54 Å². The minimum Gasteiger partial charge on any atom is -0.481 e. The Morgan fingerprint density at radius 2 is 2.10 bits per heavy atom. The summed E-state index contributed by atoms with van der Waals surface area (Å²) in [4.78, 5) is 25.6. The highest BCUT2D eigenvalue weighted by molar-refractivity contribution is 9.10. The largest absolute Gasteiger partial charge is 0.481 e. The molecule has 21 heavy (non-hydrogen) atoms. The average Bonchev–Trinajstić information content (AvgIpc) is 2.43. The Hall–Kier alpha value is -1.07. The molecule has 4 nitrogen and oxygen atoms in total. The molecule has 1 fully saturated rings. The van der Waals surface area contributed by atoms with Crippen molar-refractivity contribution in [3.8, 4) is 0 Å². The molecule has 0 spiro atoms. The van der Waals surface area contributed by atoms with E-state index in [9.17, 15) is 14.7 Å². The molecule has 1 aliphatic rings. The Kier molecular flexibility index (Phi) is 4.94. The van der Waals surface area contributed by atoms with Crippen molar-refractivity contribution in [3.63, 3.8) is 0 Å². The van der Waals surface area contributed by atoms with Gasteiger partial charge >= 0.3 is 5.97 Å². The molecule has 0 bridgehead atoms. The summed E-state index contributed by atoms with van der Waals surface area (Å²) in [6.45, 7) is 4.24. The van der Waals surface area contributed by atoms with Gasteiger partial charge in [0.15, 0.2) is 0 Å². The number of likely N-dealkylation sites (tertiary alicyclic amines) is 1. The molecular weight excluding hydrogens is 358 g/mol. The fourth-order valence-electron chi connectivity index (χ4n) is 2.78. The minimum atomic E-state index is -0.843. The van der Waals surface area contributed by atoms with Crippen LogP contribution in [0.4, 0.5) is 0 Å². The second kappa shape index (κ2) is 6.36. The van der Waals surface area contributed by atoms with E-state index in [1.54, 1.807) is 24.0 Å². The van der Waals surface area contributed by atoms with Gasteiger partial charge in [0, 0.05) is 22.6 Å². The van der Waals surface area contributed by atoms with Crippen molar-refractivity contribution in [1.29, 1.82) is 0 Å². The van der Waals surface area contributed by atoms with Gasteiger partial charge in [-0.1, -0.05) is 11.6 Å². The molecule has 1 saturated heterocycles. The monoisotopic (exact) mass is 373 g/mol. The third-order valence-electron chi connectivity index (χ3n) is 4.02. The maximum atomic E-state index is 12.7. The fourth-order valence-corrected chi connectivity index (χ4v) is 3.27. The summed E-state index contributed by atoms with van der Waals surface area (Å²) in [6, 6.07) is 3.08. The smallest absolute Gasteiger partial charge is 0.308 e. The second-order valence-electron chi connectivity index (χ2n) is 5.42. The molecule has 0 radical (unpaired) electrons. The van der Waals surface area contributed by atoms with Gasteiger partial charge in [0.05, 0.1) is 10.9 Å². The van der Waals surface area contributed by atoms with E-state index in [1.807, 2.05) is 6.92 Å². The van der Waals surface area contributed by atoms with Crippen molar-refractivity contribution in [3.05, 3.63) is 32.8 Å². The predicted octanol–water partition coefficient (Wildman–Crippen LogP) is 3.74. The molecule has 0 unspecified atom stereocenters. The molecule has 0 aromatic heterocycles. The maximum Gasteiger partial charge on any atom is 0.308 e. The van der Waals surface area contributed by atoms with Gasteiger partial charge in [0.1, 0.15) is 0 Å². The SMILES string of the molecule is Cc1cc(C(=O)N2CCC[C@@H](C(=O)O)[C@H]2C)cc(Cl)c1Br. The number of nitrogens with zero attached hydrogens (tertiary/aromatic N) is 1. The first-order valence-electron chi connectivity index (χ1n) is 6.82. The van der Waals surface area contributed by atoms with Crippen LogP contribution < -0.4 is 0 Å². The number of aryl methyl sites for hydroxylation is 1. The first-order chi connectivity index (χ1) is 9.82.